The standard InChI is InChI=1S/C21H23N5O4/c1-22-20-23-18-17(19(28)25(3)21(29)24(18)2)26(20)11-15(27)12-30-16-9-8-13-6-4-5-7-14(13)10-16/h4-10,15,27H,11-12H2,1-3H3,(H,22,23). The van der Waals surface area contributed by atoms with Crippen molar-refractivity contribution in [3.8, 4) is 5.75 Å². The molecule has 1 atom stereocenters. The molecule has 2 aromatic carbocycles. The van der Waals surface area contributed by atoms with Crippen LogP contribution in [0.25, 0.3) is 21.9 Å². The first-order valence-corrected chi connectivity index (χ1v) is 9.54. The Balaban J connectivity index is 1.60. The van der Waals surface area contributed by atoms with Gasteiger partial charge < -0.3 is 19.7 Å². The van der Waals surface area contributed by atoms with E-state index in [9.17, 15) is 14.7 Å². The second kappa shape index (κ2) is 7.68. The minimum atomic E-state index is -0.900. The number of nitrogens with one attached hydrogen (secondary N) is 1. The van der Waals surface area contributed by atoms with Crippen LogP contribution in [-0.2, 0) is 20.6 Å². The first kappa shape index (κ1) is 19.7. The van der Waals surface area contributed by atoms with Crippen LogP contribution >= 0.6 is 0 Å². The van der Waals surface area contributed by atoms with Crippen LogP contribution < -0.4 is 21.3 Å². The number of hydrogen-bond acceptors (Lipinski definition) is 6. The Morgan fingerprint density at radius 3 is 2.57 bits per heavy atom. The van der Waals surface area contributed by atoms with Gasteiger partial charge in [-0.1, -0.05) is 30.3 Å². The molecule has 0 saturated heterocycles. The number of ether oxygens (including phenoxy) is 1. The van der Waals surface area contributed by atoms with E-state index in [4.69, 9.17) is 4.74 Å². The lowest BCUT2D eigenvalue weighted by Crippen LogP contribution is -2.38. The van der Waals surface area contributed by atoms with Crippen LogP contribution in [0.3, 0.4) is 0 Å². The summed E-state index contributed by atoms with van der Waals surface area (Å²) in [5.74, 6) is 1.03. The third kappa shape index (κ3) is 3.33. The summed E-state index contributed by atoms with van der Waals surface area (Å²) in [7, 11) is 4.64. The summed E-state index contributed by atoms with van der Waals surface area (Å²) in [6.07, 6.45) is -0.900. The number of aliphatic hydroxyl groups excluding tert-OH is 1. The molecule has 0 aliphatic carbocycles. The first-order valence-electron chi connectivity index (χ1n) is 9.54. The van der Waals surface area contributed by atoms with Crippen molar-refractivity contribution < 1.29 is 9.84 Å². The molecule has 0 aliphatic heterocycles. The van der Waals surface area contributed by atoms with Crippen molar-refractivity contribution in [1.82, 2.24) is 18.7 Å². The van der Waals surface area contributed by atoms with Crippen LogP contribution in [0.4, 0.5) is 5.95 Å². The zero-order valence-electron chi connectivity index (χ0n) is 17.0. The predicted octanol–water partition coefficient (Wildman–Crippen LogP) is 1.07. The highest BCUT2D eigenvalue weighted by atomic mass is 16.5. The second-order valence-electron chi connectivity index (χ2n) is 7.15. The maximum atomic E-state index is 12.7. The minimum Gasteiger partial charge on any atom is -0.491 e. The lowest BCUT2D eigenvalue weighted by atomic mass is 10.1. The molecular weight excluding hydrogens is 386 g/mol. The highest BCUT2D eigenvalue weighted by molar-refractivity contribution is 5.83. The number of aromatic nitrogens is 4. The summed E-state index contributed by atoms with van der Waals surface area (Å²) in [6.45, 7) is 0.112. The number of anilines is 1. The molecule has 2 heterocycles. The Morgan fingerprint density at radius 1 is 1.10 bits per heavy atom. The van der Waals surface area contributed by atoms with E-state index < -0.39 is 17.4 Å². The summed E-state index contributed by atoms with van der Waals surface area (Å²) in [4.78, 5) is 29.2. The molecule has 4 aromatic rings. The Labute approximate surface area is 171 Å². The van der Waals surface area contributed by atoms with Gasteiger partial charge in [-0.05, 0) is 22.9 Å². The third-order valence-electron chi connectivity index (χ3n) is 5.13. The SMILES string of the molecule is CNc1nc2c(c(=O)n(C)c(=O)n2C)n1CC(O)COc1ccc2ccccc2c1. The van der Waals surface area contributed by atoms with Crippen molar-refractivity contribution in [3.63, 3.8) is 0 Å². The highest BCUT2D eigenvalue weighted by Gasteiger charge is 2.20. The molecule has 9 nitrogen and oxygen atoms in total. The van der Waals surface area contributed by atoms with E-state index in [1.807, 2.05) is 42.5 Å². The summed E-state index contributed by atoms with van der Waals surface area (Å²) in [5.41, 5.74) is -0.423. The number of imidazole rings is 1. The van der Waals surface area contributed by atoms with Crippen molar-refractivity contribution >= 4 is 27.9 Å². The average Bonchev–Trinajstić information content (AvgIpc) is 3.13. The van der Waals surface area contributed by atoms with E-state index in [0.29, 0.717) is 11.7 Å². The molecule has 0 saturated carbocycles. The van der Waals surface area contributed by atoms with Gasteiger partial charge in [0, 0.05) is 21.1 Å². The van der Waals surface area contributed by atoms with Crippen LogP contribution in [-0.4, -0.2) is 43.6 Å². The third-order valence-corrected chi connectivity index (χ3v) is 5.13. The lowest BCUT2D eigenvalue weighted by molar-refractivity contribution is 0.0939. The van der Waals surface area contributed by atoms with E-state index in [2.05, 4.69) is 10.3 Å². The number of nitrogens with zero attached hydrogens (tertiary/aromatic N) is 4. The van der Waals surface area contributed by atoms with Crippen LogP contribution in [0.2, 0.25) is 0 Å². The van der Waals surface area contributed by atoms with Gasteiger partial charge in [-0.25, -0.2) is 4.79 Å². The monoisotopic (exact) mass is 409 g/mol. The fourth-order valence-electron chi connectivity index (χ4n) is 3.53. The van der Waals surface area contributed by atoms with Gasteiger partial charge in [0.1, 0.15) is 18.5 Å². The number of fused-ring (bicyclic) bond motifs is 2. The quantitative estimate of drug-likeness (QED) is 0.494. The number of aliphatic hydroxyl groups is 1. The van der Waals surface area contributed by atoms with Gasteiger partial charge in [0.2, 0.25) is 5.95 Å². The van der Waals surface area contributed by atoms with Gasteiger partial charge in [-0.3, -0.25) is 13.9 Å². The van der Waals surface area contributed by atoms with E-state index in [1.54, 1.807) is 18.7 Å². The van der Waals surface area contributed by atoms with Crippen LogP contribution in [0, 0.1) is 0 Å². The van der Waals surface area contributed by atoms with Gasteiger partial charge in [-0.2, -0.15) is 4.98 Å². The fourth-order valence-corrected chi connectivity index (χ4v) is 3.53. The molecule has 156 valence electrons. The minimum absolute atomic E-state index is 0.0350. The average molecular weight is 409 g/mol. The fraction of sp³-hybridized carbons (Fsp3) is 0.286. The van der Waals surface area contributed by atoms with E-state index in [0.717, 1.165) is 15.3 Å². The smallest absolute Gasteiger partial charge is 0.332 e. The summed E-state index contributed by atoms with van der Waals surface area (Å²) < 4.78 is 9.68. The van der Waals surface area contributed by atoms with Gasteiger partial charge in [0.25, 0.3) is 5.56 Å². The topological polar surface area (TPSA) is 103 Å². The van der Waals surface area contributed by atoms with Gasteiger partial charge in [0.05, 0.1) is 6.54 Å². The van der Waals surface area contributed by atoms with E-state index >= 15 is 0 Å². The van der Waals surface area contributed by atoms with Gasteiger partial charge in [0.15, 0.2) is 11.2 Å². The van der Waals surface area contributed by atoms with Crippen molar-refractivity contribution in [1.29, 1.82) is 0 Å². The van der Waals surface area contributed by atoms with Crippen molar-refractivity contribution in [2.24, 2.45) is 14.1 Å². The van der Waals surface area contributed by atoms with E-state index in [1.165, 1.54) is 11.6 Å². The molecule has 4 rings (SSSR count). The highest BCUT2D eigenvalue weighted by Crippen LogP contribution is 2.21. The van der Waals surface area contributed by atoms with Gasteiger partial charge in [-0.15, -0.1) is 0 Å². The van der Waals surface area contributed by atoms with Crippen molar-refractivity contribution in [3.05, 3.63) is 63.3 Å². The summed E-state index contributed by atoms with van der Waals surface area (Å²) in [6, 6.07) is 13.7. The number of aryl methyl sites for hydroxylation is 1. The van der Waals surface area contributed by atoms with Crippen LogP contribution in [0.15, 0.2) is 52.1 Å². The number of hydrogen-bond donors (Lipinski definition) is 2. The molecular formula is C21H23N5O4. The molecule has 9 heteroatoms. The Morgan fingerprint density at radius 2 is 1.83 bits per heavy atom. The molecule has 2 N–H and O–H groups in total. The number of rotatable bonds is 6. The molecule has 0 radical (unpaired) electrons. The first-order chi connectivity index (χ1) is 14.4. The lowest BCUT2D eigenvalue weighted by Gasteiger charge is -2.15. The van der Waals surface area contributed by atoms with Crippen LogP contribution in [0.1, 0.15) is 0 Å². The number of benzene rings is 2. The summed E-state index contributed by atoms with van der Waals surface area (Å²) in [5, 5.41) is 15.6. The molecule has 2 aromatic heterocycles. The molecule has 0 fully saturated rings. The van der Waals surface area contributed by atoms with Crippen molar-refractivity contribution in [2.45, 2.75) is 12.6 Å². The molecule has 0 spiro atoms. The molecule has 0 bridgehead atoms. The zero-order valence-corrected chi connectivity index (χ0v) is 17.0. The van der Waals surface area contributed by atoms with E-state index in [-0.39, 0.29) is 24.3 Å². The maximum Gasteiger partial charge on any atom is 0.332 e. The molecule has 0 amide bonds. The molecule has 30 heavy (non-hydrogen) atoms. The largest absolute Gasteiger partial charge is 0.491 e. The van der Waals surface area contributed by atoms with Gasteiger partial charge >= 0.3 is 5.69 Å². The predicted molar refractivity (Wildman–Crippen MR) is 115 cm³/mol. The zero-order chi connectivity index (χ0) is 21.4. The summed E-state index contributed by atoms with van der Waals surface area (Å²) >= 11 is 0. The van der Waals surface area contributed by atoms with Crippen molar-refractivity contribution in [2.75, 3.05) is 19.0 Å². The Hall–Kier alpha value is -3.59. The molecule has 0 aliphatic rings. The molecule has 1 unspecified atom stereocenters. The Bertz CT molecular complexity index is 1350. The second-order valence-corrected chi connectivity index (χ2v) is 7.15. The van der Waals surface area contributed by atoms with Crippen LogP contribution in [0.5, 0.6) is 5.75 Å². The maximum absolute atomic E-state index is 12.7. The normalized spacial score (nSPS) is 12.4. The Kier molecular flexibility index (Phi) is 5.04.